The van der Waals surface area contributed by atoms with E-state index < -0.39 is 29.6 Å². The lowest BCUT2D eigenvalue weighted by Crippen LogP contribution is -2.49. The van der Waals surface area contributed by atoms with Gasteiger partial charge in [-0.05, 0) is 60.6 Å². The number of amides is 4. The van der Waals surface area contributed by atoms with Gasteiger partial charge in [-0.2, -0.15) is 0 Å². The van der Waals surface area contributed by atoms with Gasteiger partial charge >= 0.3 is 5.97 Å². The maximum Gasteiger partial charge on any atom is 0.326 e. The van der Waals surface area contributed by atoms with Crippen molar-refractivity contribution in [1.29, 1.82) is 0 Å². The number of nitrogens with zero attached hydrogens (tertiary/aromatic N) is 3. The molecule has 1 saturated heterocycles. The second kappa shape index (κ2) is 15.9. The van der Waals surface area contributed by atoms with E-state index in [0.29, 0.717) is 56.3 Å². The summed E-state index contributed by atoms with van der Waals surface area (Å²) >= 11 is 0. The molecule has 258 valence electrons. The molecule has 4 amide bonds. The third kappa shape index (κ3) is 8.16. The van der Waals surface area contributed by atoms with Crippen LogP contribution in [-0.2, 0) is 36.8 Å². The summed E-state index contributed by atoms with van der Waals surface area (Å²) in [6, 6.07) is 18.3. The molecule has 11 heteroatoms. The fraction of sp³-hybridized carbons (Fsp3) is 0.421. The Morgan fingerprint density at radius 2 is 1.69 bits per heavy atom. The van der Waals surface area contributed by atoms with Gasteiger partial charge in [0.05, 0.1) is 5.41 Å². The van der Waals surface area contributed by atoms with E-state index in [2.05, 4.69) is 15.6 Å². The highest BCUT2D eigenvalue weighted by Gasteiger charge is 2.49. The van der Waals surface area contributed by atoms with Crippen LogP contribution >= 0.6 is 0 Å². The zero-order chi connectivity index (χ0) is 35.0. The van der Waals surface area contributed by atoms with Crippen molar-refractivity contribution < 1.29 is 29.1 Å². The van der Waals surface area contributed by atoms with Gasteiger partial charge in [-0.25, -0.2) is 4.79 Å². The number of hydrogen-bond donors (Lipinski definition) is 3. The number of rotatable bonds is 14. The molecule has 0 radical (unpaired) electrons. The molecule has 2 aromatic carbocycles. The summed E-state index contributed by atoms with van der Waals surface area (Å²) in [4.78, 5) is 72.9. The van der Waals surface area contributed by atoms with Crippen LogP contribution in [0.25, 0.3) is 0 Å². The van der Waals surface area contributed by atoms with Crippen molar-refractivity contribution in [2.24, 2.45) is 5.41 Å². The molecule has 0 spiro atoms. The number of aromatic nitrogens is 1. The number of benzene rings is 2. The van der Waals surface area contributed by atoms with E-state index in [1.807, 2.05) is 49.4 Å². The van der Waals surface area contributed by atoms with Crippen molar-refractivity contribution in [3.8, 4) is 0 Å². The molecular weight excluding hydrogens is 622 g/mol. The Balaban J connectivity index is 1.40. The van der Waals surface area contributed by atoms with Crippen LogP contribution in [0, 0.1) is 5.41 Å². The molecule has 2 unspecified atom stereocenters. The van der Waals surface area contributed by atoms with Crippen LogP contribution in [0.15, 0.2) is 79.1 Å². The predicted octanol–water partition coefficient (Wildman–Crippen LogP) is 4.57. The number of hydrogen-bond acceptors (Lipinski definition) is 6. The molecule has 1 aliphatic carbocycles. The van der Waals surface area contributed by atoms with E-state index in [0.717, 1.165) is 24.0 Å². The molecular formula is C38H45N5O6. The average Bonchev–Trinajstić information content (AvgIpc) is 3.69. The summed E-state index contributed by atoms with van der Waals surface area (Å²) in [6.45, 7) is 3.72. The Bertz CT molecular complexity index is 1630. The first-order valence-electron chi connectivity index (χ1n) is 17.1. The van der Waals surface area contributed by atoms with Crippen molar-refractivity contribution >= 4 is 35.3 Å². The van der Waals surface area contributed by atoms with Crippen LogP contribution in [0.3, 0.4) is 0 Å². The van der Waals surface area contributed by atoms with Gasteiger partial charge in [0.1, 0.15) is 18.2 Å². The Labute approximate surface area is 287 Å². The summed E-state index contributed by atoms with van der Waals surface area (Å²) in [6.07, 6.45) is 7.47. The smallest absolute Gasteiger partial charge is 0.326 e. The number of nitrogens with one attached hydrogen (secondary N) is 2. The molecule has 1 aromatic heterocycles. The molecule has 2 fully saturated rings. The summed E-state index contributed by atoms with van der Waals surface area (Å²) in [5.74, 6) is -1.95. The van der Waals surface area contributed by atoms with E-state index in [-0.39, 0.29) is 30.0 Å². The molecule has 3 N–H and O–H groups in total. The fourth-order valence-electron chi connectivity index (χ4n) is 7.14. The summed E-state index contributed by atoms with van der Waals surface area (Å²) < 4.78 is 0. The first-order valence-corrected chi connectivity index (χ1v) is 17.1. The monoisotopic (exact) mass is 667 g/mol. The van der Waals surface area contributed by atoms with E-state index in [1.165, 1.54) is 6.92 Å². The third-order valence-electron chi connectivity index (χ3n) is 9.65. The number of carbonyl (C=O) groups is 5. The van der Waals surface area contributed by atoms with Crippen LogP contribution in [0.1, 0.15) is 81.6 Å². The van der Waals surface area contributed by atoms with Gasteiger partial charge in [-0.3, -0.25) is 29.1 Å². The Morgan fingerprint density at radius 1 is 0.980 bits per heavy atom. The van der Waals surface area contributed by atoms with E-state index in [9.17, 15) is 29.1 Å². The molecule has 2 heterocycles. The maximum absolute atomic E-state index is 14.3. The molecule has 1 saturated carbocycles. The lowest BCUT2D eigenvalue weighted by Gasteiger charge is -2.32. The minimum absolute atomic E-state index is 0.0456. The highest BCUT2D eigenvalue weighted by molar-refractivity contribution is 6.03. The second-order valence-corrected chi connectivity index (χ2v) is 13.1. The highest BCUT2D eigenvalue weighted by atomic mass is 16.4. The van der Waals surface area contributed by atoms with E-state index in [4.69, 9.17) is 0 Å². The largest absolute Gasteiger partial charge is 0.480 e. The van der Waals surface area contributed by atoms with Crippen molar-refractivity contribution in [3.05, 3.63) is 95.8 Å². The molecule has 11 nitrogen and oxygen atoms in total. The molecule has 3 atom stereocenters. The van der Waals surface area contributed by atoms with Crippen LogP contribution in [0.2, 0.25) is 0 Å². The van der Waals surface area contributed by atoms with Gasteiger partial charge in [-0.15, -0.1) is 0 Å². The lowest BCUT2D eigenvalue weighted by molar-refractivity contribution is -0.144. The first kappa shape index (κ1) is 35.3. The molecule has 0 bridgehead atoms. The zero-order valence-corrected chi connectivity index (χ0v) is 28.1. The third-order valence-corrected chi connectivity index (χ3v) is 9.65. The number of pyridine rings is 1. The van der Waals surface area contributed by atoms with Crippen molar-refractivity contribution in [2.75, 3.05) is 11.4 Å². The van der Waals surface area contributed by atoms with Crippen molar-refractivity contribution in [3.63, 3.8) is 0 Å². The second-order valence-electron chi connectivity index (χ2n) is 13.1. The number of carboxylic acid groups (broad SMARTS) is 1. The Hall–Kier alpha value is -5.06. The summed E-state index contributed by atoms with van der Waals surface area (Å²) in [7, 11) is 0. The normalized spacial score (nSPS) is 19.0. The molecule has 5 rings (SSSR count). The molecule has 2 aliphatic rings. The standard InChI is InChI=1S/C38H45N5O6/c1-3-10-33(45)43-32(24-28-11-9-21-39-25-28)35(46)42(34(43)29-12-5-4-6-13-29)30-16-14-27(15-17-30)23-31(36(47)48)41-37(49)38(18-7-8-19-38)20-22-40-26(2)44/h4-6,9,11-17,21,25,31-32,34H,3,7-8,10,18-20,22-24H2,1-2H3,(H,40,44)(H,41,49)(H,47,48)/t31?,32-,34?/m1/s1. The van der Waals surface area contributed by atoms with Crippen molar-refractivity contribution in [2.45, 2.75) is 89.9 Å². The predicted molar refractivity (Wildman–Crippen MR) is 184 cm³/mol. The van der Waals surface area contributed by atoms with Crippen LogP contribution in [0.5, 0.6) is 0 Å². The maximum atomic E-state index is 14.3. The molecule has 49 heavy (non-hydrogen) atoms. The minimum Gasteiger partial charge on any atom is -0.480 e. The van der Waals surface area contributed by atoms with Gasteiger partial charge in [0.25, 0.3) is 5.91 Å². The Kier molecular flexibility index (Phi) is 11.4. The molecule has 1 aliphatic heterocycles. The topological polar surface area (TPSA) is 149 Å². The van der Waals surface area contributed by atoms with Gasteiger partial charge < -0.3 is 20.6 Å². The quantitative estimate of drug-likeness (QED) is 0.228. The number of aliphatic carboxylic acids is 1. The van der Waals surface area contributed by atoms with E-state index in [1.54, 1.807) is 46.5 Å². The SMILES string of the molecule is CCCC(=O)N1C(c2ccccc2)N(c2ccc(CC(NC(=O)C3(CCNC(C)=O)CCCC3)C(=O)O)cc2)C(=O)[C@H]1Cc1cccnc1. The first-order chi connectivity index (χ1) is 23.6. The van der Waals surface area contributed by atoms with Gasteiger partial charge in [-0.1, -0.05) is 68.3 Å². The Morgan fingerprint density at radius 3 is 2.31 bits per heavy atom. The zero-order valence-electron chi connectivity index (χ0n) is 28.1. The van der Waals surface area contributed by atoms with Crippen LogP contribution in [0.4, 0.5) is 5.69 Å². The van der Waals surface area contributed by atoms with Crippen molar-refractivity contribution in [1.82, 2.24) is 20.5 Å². The molecule has 3 aromatic rings. The van der Waals surface area contributed by atoms with Gasteiger partial charge in [0.2, 0.25) is 17.7 Å². The summed E-state index contributed by atoms with van der Waals surface area (Å²) in [5, 5.41) is 15.6. The number of carboxylic acids is 1. The van der Waals surface area contributed by atoms with Crippen LogP contribution in [-0.4, -0.2) is 63.2 Å². The lowest BCUT2D eigenvalue weighted by atomic mass is 9.81. The van der Waals surface area contributed by atoms with Gasteiger partial charge in [0.15, 0.2) is 0 Å². The number of anilines is 1. The fourth-order valence-corrected chi connectivity index (χ4v) is 7.14. The number of carbonyl (C=O) groups excluding carboxylic acids is 4. The van der Waals surface area contributed by atoms with Gasteiger partial charge in [0, 0.05) is 50.8 Å². The average molecular weight is 668 g/mol. The minimum atomic E-state index is -1.16. The van der Waals surface area contributed by atoms with E-state index >= 15 is 0 Å². The highest BCUT2D eigenvalue weighted by Crippen LogP contribution is 2.42. The summed E-state index contributed by atoms with van der Waals surface area (Å²) in [5.41, 5.74) is 2.17. The van der Waals surface area contributed by atoms with Crippen LogP contribution < -0.4 is 15.5 Å².